The Balaban J connectivity index is 1.42. The van der Waals surface area contributed by atoms with Crippen LogP contribution in [-0.2, 0) is 0 Å². The van der Waals surface area contributed by atoms with Crippen LogP contribution in [0.4, 0.5) is 0 Å². The van der Waals surface area contributed by atoms with Crippen molar-refractivity contribution in [3.8, 4) is 5.75 Å². The Labute approximate surface area is 208 Å². The highest BCUT2D eigenvalue weighted by molar-refractivity contribution is 6.08. The van der Waals surface area contributed by atoms with Crippen molar-refractivity contribution in [2.45, 2.75) is 58.1 Å². The summed E-state index contributed by atoms with van der Waals surface area (Å²) in [6.45, 7) is 6.56. The number of hydrogen-bond donors (Lipinski definition) is 0. The molecule has 2 heteroatoms. The summed E-state index contributed by atoms with van der Waals surface area (Å²) in [4.78, 5) is 0. The fourth-order valence-electron chi connectivity index (χ4n) is 5.77. The van der Waals surface area contributed by atoms with Crippen molar-refractivity contribution >= 4 is 27.4 Å². The average molecular weight is 458 g/mol. The van der Waals surface area contributed by atoms with E-state index in [-0.39, 0.29) is 12.1 Å². The zero-order chi connectivity index (χ0) is 23.9. The van der Waals surface area contributed by atoms with Crippen molar-refractivity contribution in [1.82, 2.24) is 4.57 Å². The number of hydrogen-bond acceptors (Lipinski definition) is 1. The second-order valence-corrected chi connectivity index (χ2v) is 9.88. The third-order valence-electron chi connectivity index (χ3n) is 7.50. The number of ether oxygens (including phenoxy) is 1. The normalized spacial score (nSPS) is 20.1. The molecule has 0 spiro atoms. The molecule has 0 saturated heterocycles. The van der Waals surface area contributed by atoms with Gasteiger partial charge in [-0.1, -0.05) is 67.1 Å². The lowest BCUT2D eigenvalue weighted by Crippen LogP contribution is -2.21. The zero-order valence-electron chi connectivity index (χ0n) is 20.7. The van der Waals surface area contributed by atoms with Crippen LogP contribution in [0, 0.1) is 19.1 Å². The van der Waals surface area contributed by atoms with E-state index < -0.39 is 0 Å². The van der Waals surface area contributed by atoms with Crippen molar-refractivity contribution in [2.24, 2.45) is 0 Å². The topological polar surface area (TPSA) is 14.2 Å². The van der Waals surface area contributed by atoms with Gasteiger partial charge in [-0.3, -0.25) is 0 Å². The fourth-order valence-corrected chi connectivity index (χ4v) is 5.77. The van der Waals surface area contributed by atoms with Crippen LogP contribution in [-0.4, -0.2) is 10.7 Å². The number of allylic oxidation sites excluding steroid dienone is 5. The molecule has 0 N–H and O–H groups in total. The number of nitrogens with zero attached hydrogens (tertiary/aromatic N) is 1. The van der Waals surface area contributed by atoms with Gasteiger partial charge in [0.15, 0.2) is 0 Å². The molecule has 3 aromatic carbocycles. The average Bonchev–Trinajstić information content (AvgIpc) is 3.41. The van der Waals surface area contributed by atoms with Gasteiger partial charge in [0.05, 0.1) is 11.6 Å². The molecule has 0 fully saturated rings. The number of rotatable bonds is 5. The lowest BCUT2D eigenvalue weighted by molar-refractivity contribution is 0.206. The van der Waals surface area contributed by atoms with Crippen LogP contribution in [0.2, 0.25) is 0 Å². The predicted molar refractivity (Wildman–Crippen MR) is 146 cm³/mol. The minimum atomic E-state index is 0.222. The Kier molecular flexibility index (Phi) is 5.50. The lowest BCUT2D eigenvalue weighted by Gasteiger charge is -2.24. The minimum absolute atomic E-state index is 0.222. The summed E-state index contributed by atoms with van der Waals surface area (Å²) in [5.41, 5.74) is 7.74. The van der Waals surface area contributed by atoms with Crippen LogP contribution < -0.4 is 4.74 Å². The largest absolute Gasteiger partial charge is 0.489 e. The summed E-state index contributed by atoms with van der Waals surface area (Å²) in [6, 6.07) is 24.5. The molecular weight excluding hydrogens is 426 g/mol. The van der Waals surface area contributed by atoms with E-state index in [1.807, 2.05) is 6.07 Å². The van der Waals surface area contributed by atoms with Crippen LogP contribution in [0.3, 0.4) is 0 Å². The number of benzene rings is 2. The first kappa shape index (κ1) is 21.8. The third kappa shape index (κ3) is 3.76. The molecule has 0 bridgehead atoms. The number of aryl methyl sites for hydroxylation is 1. The van der Waals surface area contributed by atoms with Crippen molar-refractivity contribution < 1.29 is 4.74 Å². The first-order chi connectivity index (χ1) is 17.1. The first-order valence-corrected chi connectivity index (χ1v) is 12.8. The van der Waals surface area contributed by atoms with Crippen LogP contribution >= 0.6 is 0 Å². The molecule has 1 aliphatic carbocycles. The van der Waals surface area contributed by atoms with Gasteiger partial charge in [0.25, 0.3) is 0 Å². The maximum Gasteiger partial charge on any atom is 0.123 e. The van der Waals surface area contributed by atoms with Crippen LogP contribution in [0.1, 0.15) is 61.8 Å². The van der Waals surface area contributed by atoms with E-state index in [1.165, 1.54) is 38.6 Å². The number of fused-ring (bicyclic) bond motifs is 6. The van der Waals surface area contributed by atoms with E-state index >= 15 is 0 Å². The Morgan fingerprint density at radius 2 is 2.03 bits per heavy atom. The molecule has 3 unspecified atom stereocenters. The van der Waals surface area contributed by atoms with Crippen LogP contribution in [0.15, 0.2) is 78.9 Å². The third-order valence-corrected chi connectivity index (χ3v) is 7.50. The lowest BCUT2D eigenvalue weighted by atomic mass is 9.82. The molecule has 0 radical (unpaired) electrons. The van der Waals surface area contributed by atoms with Gasteiger partial charge in [-0.25, -0.2) is 0 Å². The Morgan fingerprint density at radius 1 is 1.11 bits per heavy atom. The van der Waals surface area contributed by atoms with Crippen LogP contribution in [0.25, 0.3) is 27.4 Å². The first-order valence-electron chi connectivity index (χ1n) is 12.8. The van der Waals surface area contributed by atoms with Crippen LogP contribution in [0.5, 0.6) is 5.75 Å². The molecule has 1 aromatic heterocycles. The molecule has 0 saturated carbocycles. The quantitative estimate of drug-likeness (QED) is 0.274. The number of aromatic nitrogens is 1. The highest BCUT2D eigenvalue weighted by Crippen LogP contribution is 2.46. The fraction of sp³-hybridized carbons (Fsp3) is 0.273. The second-order valence-electron chi connectivity index (χ2n) is 9.88. The highest BCUT2D eigenvalue weighted by Gasteiger charge is 2.35. The molecule has 2 nitrogen and oxygen atoms in total. The molecule has 1 aliphatic heterocycles. The standard InChI is InChI=1S/C33H31NO/c1-4-5-6-7-10-23(3)34-30-12-9-8-11-26(30)27-20-24(14-16-31(27)34)25-15-18-33-29(21-25)28-19-22(2)13-17-32(28)35-33/h5-8,10-11,13-14,16-17,19-21,23,29,33H,4,15,18H2,1-3H3/b6-5-,10-7-. The summed E-state index contributed by atoms with van der Waals surface area (Å²) in [7, 11) is 0. The SMILES string of the molecule is CC/C=C\C=C/C(C)n1c2c#cccc2c2cc(C3=CC4c5cc(C)ccc5OC4CC3)ccc21. The molecule has 35 heavy (non-hydrogen) atoms. The maximum atomic E-state index is 6.29. The highest BCUT2D eigenvalue weighted by atomic mass is 16.5. The molecule has 174 valence electrons. The monoisotopic (exact) mass is 457 g/mol. The van der Waals surface area contributed by atoms with Gasteiger partial charge in [-0.05, 0) is 80.6 Å². The van der Waals surface area contributed by atoms with Crippen molar-refractivity contribution in [3.63, 3.8) is 0 Å². The summed E-state index contributed by atoms with van der Waals surface area (Å²) in [5, 5.41) is 2.53. The van der Waals surface area contributed by atoms with E-state index in [0.29, 0.717) is 5.92 Å². The van der Waals surface area contributed by atoms with Gasteiger partial charge >= 0.3 is 0 Å². The molecular formula is C33H31NO. The Morgan fingerprint density at radius 3 is 2.91 bits per heavy atom. The van der Waals surface area contributed by atoms with E-state index in [1.54, 1.807) is 0 Å². The van der Waals surface area contributed by atoms with E-state index in [4.69, 9.17) is 4.74 Å². The van der Waals surface area contributed by atoms with Crippen molar-refractivity contribution in [3.05, 3.63) is 108 Å². The summed E-state index contributed by atoms with van der Waals surface area (Å²) in [6.07, 6.45) is 14.6. The van der Waals surface area contributed by atoms with E-state index in [9.17, 15) is 0 Å². The predicted octanol–water partition coefficient (Wildman–Crippen LogP) is 8.51. The molecule has 4 aromatic rings. The van der Waals surface area contributed by atoms with Gasteiger partial charge in [-0.2, -0.15) is 0 Å². The van der Waals surface area contributed by atoms with Crippen molar-refractivity contribution in [1.29, 1.82) is 0 Å². The molecule has 2 aliphatic rings. The molecule has 0 amide bonds. The summed E-state index contributed by atoms with van der Waals surface area (Å²) >= 11 is 0. The van der Waals surface area contributed by atoms with Gasteiger partial charge in [0.1, 0.15) is 17.4 Å². The smallest absolute Gasteiger partial charge is 0.123 e. The Hall–Kier alpha value is -3.70. The van der Waals surface area contributed by atoms with E-state index in [2.05, 4.69) is 110 Å². The molecule has 3 atom stereocenters. The van der Waals surface area contributed by atoms with Gasteiger partial charge < -0.3 is 9.30 Å². The zero-order valence-corrected chi connectivity index (χ0v) is 20.7. The van der Waals surface area contributed by atoms with Gasteiger partial charge in [-0.15, -0.1) is 0 Å². The van der Waals surface area contributed by atoms with Crippen molar-refractivity contribution in [2.75, 3.05) is 0 Å². The minimum Gasteiger partial charge on any atom is -0.489 e. The Bertz CT molecular complexity index is 1500. The van der Waals surface area contributed by atoms with Gasteiger partial charge in [0, 0.05) is 22.3 Å². The van der Waals surface area contributed by atoms with Gasteiger partial charge in [0.2, 0.25) is 0 Å². The molecule has 2 heterocycles. The summed E-state index contributed by atoms with van der Waals surface area (Å²) in [5.74, 6) is 1.40. The van der Waals surface area contributed by atoms with E-state index in [0.717, 1.165) is 30.5 Å². The molecule has 6 rings (SSSR count). The maximum absolute atomic E-state index is 6.29. The second kappa shape index (κ2) is 8.82. The summed E-state index contributed by atoms with van der Waals surface area (Å²) < 4.78 is 8.67.